The molecule has 168 valence electrons. The molecule has 0 fully saturated rings. The van der Waals surface area contributed by atoms with Crippen molar-refractivity contribution in [1.29, 1.82) is 0 Å². The average molecular weight is 401 g/mol. The molecule has 1 rings (SSSR count). The van der Waals surface area contributed by atoms with Crippen molar-refractivity contribution >= 4 is 0 Å². The molecule has 0 amide bonds. The zero-order chi connectivity index (χ0) is 21.0. The standard InChI is InChI=1S/C29H52/c1-4-5-6-7-8-9-10-11-12-13-14-15-16-17-18-19-20-21-24-28-25-22-23-26-29(28)27(2)3/h22-23,25-27H,4-21,24H2,1-3H3. The lowest BCUT2D eigenvalue weighted by Gasteiger charge is -2.12. The summed E-state index contributed by atoms with van der Waals surface area (Å²) in [5.74, 6) is 0.654. The fraction of sp³-hybridized carbons (Fsp3) is 0.793. The third-order valence-electron chi connectivity index (χ3n) is 6.48. The average Bonchev–Trinajstić information content (AvgIpc) is 2.73. The van der Waals surface area contributed by atoms with E-state index in [4.69, 9.17) is 0 Å². The van der Waals surface area contributed by atoms with Crippen LogP contribution in [-0.2, 0) is 6.42 Å². The van der Waals surface area contributed by atoms with E-state index in [1.807, 2.05) is 0 Å². The monoisotopic (exact) mass is 400 g/mol. The molecular formula is C29H52. The Morgan fingerprint density at radius 1 is 0.517 bits per heavy atom. The molecule has 0 radical (unpaired) electrons. The number of aryl methyl sites for hydroxylation is 1. The molecule has 0 bridgehead atoms. The van der Waals surface area contributed by atoms with Gasteiger partial charge in [-0.1, -0.05) is 154 Å². The van der Waals surface area contributed by atoms with E-state index in [-0.39, 0.29) is 0 Å². The molecule has 0 saturated heterocycles. The van der Waals surface area contributed by atoms with Gasteiger partial charge < -0.3 is 0 Å². The first-order valence-electron chi connectivity index (χ1n) is 13.3. The van der Waals surface area contributed by atoms with Gasteiger partial charge in [-0.3, -0.25) is 0 Å². The highest BCUT2D eigenvalue weighted by atomic mass is 14.1. The van der Waals surface area contributed by atoms with Gasteiger partial charge in [-0.2, -0.15) is 0 Å². The van der Waals surface area contributed by atoms with Gasteiger partial charge in [-0.15, -0.1) is 0 Å². The molecule has 1 aromatic carbocycles. The van der Waals surface area contributed by atoms with Crippen molar-refractivity contribution in [2.75, 3.05) is 0 Å². The van der Waals surface area contributed by atoms with Crippen molar-refractivity contribution in [2.24, 2.45) is 0 Å². The molecule has 0 nitrogen and oxygen atoms in total. The van der Waals surface area contributed by atoms with Gasteiger partial charge in [-0.05, 0) is 29.9 Å². The van der Waals surface area contributed by atoms with Crippen molar-refractivity contribution in [3.05, 3.63) is 35.4 Å². The molecule has 0 aliphatic rings. The zero-order valence-electron chi connectivity index (χ0n) is 20.3. The maximum absolute atomic E-state index is 2.34. The summed E-state index contributed by atoms with van der Waals surface area (Å²) in [6, 6.07) is 9.04. The first-order valence-corrected chi connectivity index (χ1v) is 13.3. The summed E-state index contributed by atoms with van der Waals surface area (Å²) in [5.41, 5.74) is 3.14. The third-order valence-corrected chi connectivity index (χ3v) is 6.48. The molecule has 0 saturated carbocycles. The summed E-state index contributed by atoms with van der Waals surface area (Å²) < 4.78 is 0. The molecule has 0 aliphatic carbocycles. The van der Waals surface area contributed by atoms with Crippen molar-refractivity contribution < 1.29 is 0 Å². The fourth-order valence-corrected chi connectivity index (χ4v) is 4.54. The predicted octanol–water partition coefficient (Wildman–Crippen LogP) is 10.4. The van der Waals surface area contributed by atoms with Gasteiger partial charge in [0.2, 0.25) is 0 Å². The van der Waals surface area contributed by atoms with Gasteiger partial charge in [-0.25, -0.2) is 0 Å². The van der Waals surface area contributed by atoms with Gasteiger partial charge in [0.1, 0.15) is 0 Å². The van der Waals surface area contributed by atoms with Gasteiger partial charge in [0, 0.05) is 0 Å². The Morgan fingerprint density at radius 2 is 0.897 bits per heavy atom. The zero-order valence-corrected chi connectivity index (χ0v) is 20.3. The smallest absolute Gasteiger partial charge is 0.0216 e. The number of hydrogen-bond acceptors (Lipinski definition) is 0. The minimum atomic E-state index is 0.654. The number of benzene rings is 1. The quantitative estimate of drug-likeness (QED) is 0.191. The molecular weight excluding hydrogens is 348 g/mol. The van der Waals surface area contributed by atoms with E-state index < -0.39 is 0 Å². The van der Waals surface area contributed by atoms with E-state index >= 15 is 0 Å². The summed E-state index contributed by atoms with van der Waals surface area (Å²) in [4.78, 5) is 0. The first kappa shape index (κ1) is 26.3. The highest BCUT2D eigenvalue weighted by Gasteiger charge is 2.05. The van der Waals surface area contributed by atoms with Crippen LogP contribution in [0.4, 0.5) is 0 Å². The van der Waals surface area contributed by atoms with Gasteiger partial charge in [0.05, 0.1) is 0 Å². The molecule has 0 N–H and O–H groups in total. The molecule has 0 heteroatoms. The van der Waals surface area contributed by atoms with Gasteiger partial charge >= 0.3 is 0 Å². The fourth-order valence-electron chi connectivity index (χ4n) is 4.54. The second-order valence-corrected chi connectivity index (χ2v) is 9.61. The van der Waals surface area contributed by atoms with Crippen LogP contribution in [0.1, 0.15) is 153 Å². The highest BCUT2D eigenvalue weighted by molar-refractivity contribution is 5.29. The summed E-state index contributed by atoms with van der Waals surface area (Å²) >= 11 is 0. The minimum Gasteiger partial charge on any atom is -0.0654 e. The van der Waals surface area contributed by atoms with Crippen molar-refractivity contribution in [3.8, 4) is 0 Å². The van der Waals surface area contributed by atoms with Crippen LogP contribution in [0.15, 0.2) is 24.3 Å². The largest absolute Gasteiger partial charge is 0.0654 e. The Balaban J connectivity index is 1.81. The Labute approximate surface area is 184 Å². The topological polar surface area (TPSA) is 0 Å². The predicted molar refractivity (Wildman–Crippen MR) is 133 cm³/mol. The molecule has 29 heavy (non-hydrogen) atoms. The molecule has 0 atom stereocenters. The summed E-state index contributed by atoms with van der Waals surface area (Å²) in [5, 5.41) is 0. The summed E-state index contributed by atoms with van der Waals surface area (Å²) in [7, 11) is 0. The van der Waals surface area contributed by atoms with Crippen LogP contribution < -0.4 is 0 Å². The van der Waals surface area contributed by atoms with Gasteiger partial charge in [0.25, 0.3) is 0 Å². The minimum absolute atomic E-state index is 0.654. The van der Waals surface area contributed by atoms with Crippen LogP contribution in [0, 0.1) is 0 Å². The summed E-state index contributed by atoms with van der Waals surface area (Å²) in [6.45, 7) is 6.93. The number of rotatable bonds is 20. The van der Waals surface area contributed by atoms with Crippen LogP contribution in [0.3, 0.4) is 0 Å². The van der Waals surface area contributed by atoms with E-state index in [2.05, 4.69) is 45.0 Å². The maximum atomic E-state index is 2.34. The van der Waals surface area contributed by atoms with Crippen molar-refractivity contribution in [3.63, 3.8) is 0 Å². The van der Waals surface area contributed by atoms with E-state index in [1.54, 1.807) is 11.1 Å². The number of hydrogen-bond donors (Lipinski definition) is 0. The molecule has 0 spiro atoms. The third kappa shape index (κ3) is 14.8. The molecule has 1 aromatic rings. The second kappa shape index (κ2) is 19.2. The lowest BCUT2D eigenvalue weighted by Crippen LogP contribution is -1.96. The Morgan fingerprint density at radius 3 is 1.31 bits per heavy atom. The van der Waals surface area contributed by atoms with E-state index in [1.165, 1.54) is 122 Å². The lowest BCUT2D eigenvalue weighted by molar-refractivity contribution is 0.525. The second-order valence-electron chi connectivity index (χ2n) is 9.61. The van der Waals surface area contributed by atoms with Gasteiger partial charge in [0.15, 0.2) is 0 Å². The Bertz CT molecular complexity index is 459. The van der Waals surface area contributed by atoms with Crippen molar-refractivity contribution in [2.45, 2.75) is 149 Å². The normalized spacial score (nSPS) is 11.4. The number of unbranched alkanes of at least 4 members (excludes halogenated alkanes) is 17. The lowest BCUT2D eigenvalue weighted by atomic mass is 9.93. The van der Waals surface area contributed by atoms with Crippen LogP contribution in [0.2, 0.25) is 0 Å². The van der Waals surface area contributed by atoms with Crippen LogP contribution >= 0.6 is 0 Å². The van der Waals surface area contributed by atoms with E-state index in [0.29, 0.717) is 5.92 Å². The molecule has 0 aliphatic heterocycles. The Kier molecular flexibility index (Phi) is 17.4. The molecule has 0 heterocycles. The SMILES string of the molecule is CCCCCCCCCCCCCCCCCCCCc1ccccc1C(C)C. The Hall–Kier alpha value is -0.780. The van der Waals surface area contributed by atoms with Crippen LogP contribution in [-0.4, -0.2) is 0 Å². The molecule has 0 aromatic heterocycles. The summed E-state index contributed by atoms with van der Waals surface area (Å²) in [6.07, 6.45) is 27.4. The van der Waals surface area contributed by atoms with E-state index in [9.17, 15) is 0 Å². The maximum Gasteiger partial charge on any atom is -0.0216 e. The highest BCUT2D eigenvalue weighted by Crippen LogP contribution is 2.21. The van der Waals surface area contributed by atoms with Crippen LogP contribution in [0.5, 0.6) is 0 Å². The van der Waals surface area contributed by atoms with Crippen molar-refractivity contribution in [1.82, 2.24) is 0 Å². The van der Waals surface area contributed by atoms with E-state index in [0.717, 1.165) is 0 Å². The first-order chi connectivity index (χ1) is 14.3. The van der Waals surface area contributed by atoms with Crippen LogP contribution in [0.25, 0.3) is 0 Å². The molecule has 0 unspecified atom stereocenters.